The fourth-order valence-corrected chi connectivity index (χ4v) is 6.34. The molecule has 0 atom stereocenters. The van der Waals surface area contributed by atoms with Crippen molar-refractivity contribution in [2.24, 2.45) is 0 Å². The van der Waals surface area contributed by atoms with Crippen molar-refractivity contribution in [2.45, 2.75) is 52.4 Å². The molecule has 29 heavy (non-hydrogen) atoms. The molecule has 0 radical (unpaired) electrons. The first-order valence-electron chi connectivity index (χ1n) is 10.2. The smallest absolute Gasteiger partial charge is 1.00 e. The molecule has 2 aromatic rings. The van der Waals surface area contributed by atoms with Crippen molar-refractivity contribution >= 4 is 14.4 Å². The predicted molar refractivity (Wildman–Crippen MR) is 110 cm³/mol. The molecule has 0 amide bonds. The van der Waals surface area contributed by atoms with Crippen molar-refractivity contribution in [2.75, 3.05) is 0 Å². The Morgan fingerprint density at radius 3 is 2.28 bits per heavy atom. The topological polar surface area (TPSA) is 0 Å². The summed E-state index contributed by atoms with van der Waals surface area (Å²) < 4.78 is 1.55. The summed E-state index contributed by atoms with van der Waals surface area (Å²) in [4.78, 5) is 0. The fourth-order valence-electron chi connectivity index (χ4n) is 5.16. The van der Waals surface area contributed by atoms with Crippen LogP contribution in [-0.4, -0.2) is 0 Å². The maximum atomic E-state index is 2.49. The second kappa shape index (κ2) is 9.09. The zero-order chi connectivity index (χ0) is 18.5. The summed E-state index contributed by atoms with van der Waals surface area (Å²) >= 11 is 1.53. The second-order valence-corrected chi connectivity index (χ2v) is 9.51. The molecule has 0 heterocycles. The van der Waals surface area contributed by atoms with Crippen LogP contribution in [0.5, 0.6) is 0 Å². The van der Waals surface area contributed by atoms with Gasteiger partial charge in [-0.25, -0.2) is 0 Å². The quantitative estimate of drug-likeness (QED) is 0.476. The van der Waals surface area contributed by atoms with Crippen LogP contribution in [0.3, 0.4) is 0 Å². The third kappa shape index (κ3) is 3.80. The van der Waals surface area contributed by atoms with Crippen molar-refractivity contribution < 1.29 is 49.5 Å². The van der Waals surface area contributed by atoms with Gasteiger partial charge in [0.15, 0.2) is 0 Å². The average molecular weight is 500 g/mol. The van der Waals surface area contributed by atoms with Crippen LogP contribution >= 0.6 is 0 Å². The molecule has 147 valence electrons. The molecule has 0 spiro atoms. The molecule has 0 bridgehead atoms. The van der Waals surface area contributed by atoms with Crippen LogP contribution in [0.25, 0.3) is 14.4 Å². The minimum Gasteiger partial charge on any atom is -1.00 e. The molecule has 0 nitrogen and oxygen atoms in total. The summed E-state index contributed by atoms with van der Waals surface area (Å²) in [6.45, 7) is 4.56. The number of aryl methyl sites for hydroxylation is 2. The van der Waals surface area contributed by atoms with Crippen molar-refractivity contribution in [1.82, 2.24) is 0 Å². The molecule has 3 aliphatic carbocycles. The molecule has 1 fully saturated rings. The monoisotopic (exact) mass is 497 g/mol. The van der Waals surface area contributed by atoms with Gasteiger partial charge in [-0.1, -0.05) is 0 Å². The van der Waals surface area contributed by atoms with E-state index >= 15 is 0 Å². The Labute approximate surface area is 200 Å². The van der Waals surface area contributed by atoms with Crippen LogP contribution < -0.4 is 35.3 Å². The van der Waals surface area contributed by atoms with Gasteiger partial charge >= 0.3 is 177 Å². The largest absolute Gasteiger partial charge is 1.00 e. The molecular weight excluding hydrogens is 474 g/mol. The van der Waals surface area contributed by atoms with Gasteiger partial charge in [0.05, 0.1) is 0 Å². The minimum absolute atomic E-state index is 0. The molecule has 3 heteroatoms. The van der Waals surface area contributed by atoms with Crippen molar-refractivity contribution in [3.63, 3.8) is 0 Å². The molecule has 0 N–H and O–H groups in total. The molecule has 2 aromatic carbocycles. The standard InChI is InChI=1S/C26H25.2ClH.Zr/c1-17-12-13-21-16-24-23(22(21)14-17)15-18(2)25(19-8-4-3-5-9-19)26(24)20-10-6-7-11-20;;;/h6-7,10,12-15H,3-5,8-9,11H2,1-2H3;2*1H;/q;;;+2/p-2. The van der Waals surface area contributed by atoms with E-state index in [0.717, 1.165) is 6.42 Å². The van der Waals surface area contributed by atoms with Crippen LogP contribution in [0.1, 0.15) is 60.8 Å². The normalized spacial score (nSPS) is 16.8. The van der Waals surface area contributed by atoms with Gasteiger partial charge in [-0.2, -0.15) is 0 Å². The van der Waals surface area contributed by atoms with Gasteiger partial charge in [0.2, 0.25) is 0 Å². The van der Waals surface area contributed by atoms with Gasteiger partial charge in [0.1, 0.15) is 0 Å². The van der Waals surface area contributed by atoms with Crippen molar-refractivity contribution in [1.29, 1.82) is 0 Å². The first-order valence-corrected chi connectivity index (χ1v) is 11.5. The van der Waals surface area contributed by atoms with Gasteiger partial charge < -0.3 is 24.8 Å². The number of hydrogen-bond donors (Lipinski definition) is 0. The second-order valence-electron chi connectivity index (χ2n) is 8.28. The van der Waals surface area contributed by atoms with E-state index in [1.165, 1.54) is 89.2 Å². The molecule has 0 aliphatic heterocycles. The summed E-state index contributed by atoms with van der Waals surface area (Å²) in [5.41, 5.74) is 9.17. The maximum absolute atomic E-state index is 2.49. The van der Waals surface area contributed by atoms with Crippen molar-refractivity contribution in [3.8, 4) is 0 Å². The number of rotatable bonds is 1. The van der Waals surface area contributed by atoms with Crippen LogP contribution in [-0.2, 0) is 24.7 Å². The average Bonchev–Trinajstić information content (AvgIpc) is 3.29. The van der Waals surface area contributed by atoms with Gasteiger partial charge in [-0.15, -0.1) is 0 Å². The van der Waals surface area contributed by atoms with E-state index in [0.29, 0.717) is 0 Å². The number of allylic oxidation sites excluding steroid dienone is 4. The first kappa shape index (κ1) is 22.8. The van der Waals surface area contributed by atoms with E-state index in [2.05, 4.69) is 56.3 Å². The number of hydrogen-bond acceptors (Lipinski definition) is 0. The predicted octanol–water partition coefficient (Wildman–Crippen LogP) is -0.927. The zero-order valence-corrected chi connectivity index (χ0v) is 21.0. The molecule has 3 aliphatic rings. The number of fused-ring (bicyclic) bond motifs is 2. The van der Waals surface area contributed by atoms with Gasteiger partial charge in [0.25, 0.3) is 0 Å². The number of halogens is 2. The number of benzene rings is 2. The van der Waals surface area contributed by atoms with Crippen LogP contribution in [0.15, 0.2) is 42.5 Å². The zero-order valence-electron chi connectivity index (χ0n) is 17.0. The van der Waals surface area contributed by atoms with Crippen LogP contribution in [0.2, 0.25) is 0 Å². The molecule has 5 rings (SSSR count). The van der Waals surface area contributed by atoms with E-state index < -0.39 is 0 Å². The third-order valence-electron chi connectivity index (χ3n) is 6.41. The van der Waals surface area contributed by atoms with Gasteiger partial charge in [0, 0.05) is 0 Å². The van der Waals surface area contributed by atoms with Crippen LogP contribution in [0.4, 0.5) is 0 Å². The Kier molecular flexibility index (Phi) is 7.15. The summed E-state index contributed by atoms with van der Waals surface area (Å²) in [5, 5.41) is 5.98. The van der Waals surface area contributed by atoms with E-state index in [4.69, 9.17) is 0 Å². The summed E-state index contributed by atoms with van der Waals surface area (Å²) in [5.74, 6) is 0. The van der Waals surface area contributed by atoms with Crippen LogP contribution in [0, 0.1) is 24.3 Å². The minimum atomic E-state index is 0. The molecule has 0 aromatic heterocycles. The van der Waals surface area contributed by atoms with E-state index in [-0.39, 0.29) is 24.8 Å². The molecular formula is C26H25Cl2Zr. The SMILES string of the molecule is Cc1ccc2c(c1)=c1cc(C)c(=C3CCCCC3)c(C3=CC=CC3)c1[C]=2[Zr+2].[Cl-].[Cl-]. The third-order valence-corrected chi connectivity index (χ3v) is 7.69. The maximum Gasteiger partial charge on any atom is -1.00 e. The molecule has 0 saturated heterocycles. The Balaban J connectivity index is 0.00000120. The summed E-state index contributed by atoms with van der Waals surface area (Å²) in [6.07, 6.45) is 14.7. The Bertz CT molecular complexity index is 1240. The summed E-state index contributed by atoms with van der Waals surface area (Å²) in [7, 11) is 0. The first-order chi connectivity index (χ1) is 13.1. The van der Waals surface area contributed by atoms with E-state index in [1.54, 1.807) is 25.2 Å². The Morgan fingerprint density at radius 1 is 0.828 bits per heavy atom. The van der Waals surface area contributed by atoms with E-state index in [1.807, 2.05) is 0 Å². The Morgan fingerprint density at radius 2 is 1.59 bits per heavy atom. The van der Waals surface area contributed by atoms with E-state index in [9.17, 15) is 0 Å². The molecule has 1 saturated carbocycles. The molecule has 0 unspecified atom stereocenters. The van der Waals surface area contributed by atoms with Gasteiger partial charge in [-0.05, 0) is 0 Å². The van der Waals surface area contributed by atoms with Crippen molar-refractivity contribution in [3.05, 3.63) is 85.6 Å². The Hall–Kier alpha value is -0.877. The fraction of sp³-hybridized carbons (Fsp3) is 0.308. The summed E-state index contributed by atoms with van der Waals surface area (Å²) in [6, 6.07) is 9.51. The van der Waals surface area contributed by atoms with Gasteiger partial charge in [-0.3, -0.25) is 0 Å².